The number of aliphatic hydroxyl groups is 1. The predicted molar refractivity (Wildman–Crippen MR) is 52.3 cm³/mol. The third-order valence-corrected chi connectivity index (χ3v) is 2.55. The molecule has 1 saturated heterocycles. The van der Waals surface area contributed by atoms with Gasteiger partial charge in [-0.2, -0.15) is 0 Å². The highest BCUT2D eigenvalue weighted by atomic mass is 16.5. The molecule has 0 bridgehead atoms. The van der Waals surface area contributed by atoms with Gasteiger partial charge in [-0.3, -0.25) is 0 Å². The molecule has 1 aliphatic heterocycles. The van der Waals surface area contributed by atoms with E-state index >= 15 is 0 Å². The Bertz CT molecular complexity index is 215. The molecule has 0 amide bonds. The lowest BCUT2D eigenvalue weighted by Crippen LogP contribution is -2.45. The van der Waals surface area contributed by atoms with Gasteiger partial charge in [-0.15, -0.1) is 12.3 Å². The smallest absolute Gasteiger partial charge is 0.0706 e. The molecule has 0 saturated carbocycles. The lowest BCUT2D eigenvalue weighted by Gasteiger charge is -2.41. The predicted octanol–water partition coefficient (Wildman–Crippen LogP) is 1.72. The number of ether oxygens (including phenoxy) is 1. The third kappa shape index (κ3) is 3.02. The Labute approximate surface area is 80.3 Å². The molecule has 0 aromatic carbocycles. The molecule has 1 atom stereocenters. The van der Waals surface area contributed by atoms with Crippen LogP contribution in [0.15, 0.2) is 0 Å². The van der Waals surface area contributed by atoms with E-state index in [1.165, 1.54) is 0 Å². The minimum Gasteiger partial charge on any atom is -0.390 e. The van der Waals surface area contributed by atoms with Crippen LogP contribution in [0.25, 0.3) is 0 Å². The van der Waals surface area contributed by atoms with Crippen LogP contribution < -0.4 is 0 Å². The fourth-order valence-corrected chi connectivity index (χ4v) is 1.97. The zero-order valence-electron chi connectivity index (χ0n) is 8.47. The maximum atomic E-state index is 10.2. The van der Waals surface area contributed by atoms with Crippen LogP contribution in [-0.2, 0) is 4.74 Å². The second-order valence-electron chi connectivity index (χ2n) is 4.46. The maximum Gasteiger partial charge on any atom is 0.0706 e. The summed E-state index contributed by atoms with van der Waals surface area (Å²) in [5, 5.41) is 10.2. The van der Waals surface area contributed by atoms with Crippen LogP contribution in [0.2, 0.25) is 0 Å². The minimum absolute atomic E-state index is 0.207. The highest BCUT2D eigenvalue weighted by Crippen LogP contribution is 2.34. The monoisotopic (exact) mass is 182 g/mol. The van der Waals surface area contributed by atoms with E-state index in [2.05, 4.69) is 5.92 Å². The van der Waals surface area contributed by atoms with E-state index in [9.17, 15) is 5.11 Å². The summed E-state index contributed by atoms with van der Waals surface area (Å²) >= 11 is 0. The van der Waals surface area contributed by atoms with Gasteiger partial charge in [-0.25, -0.2) is 0 Å². The number of terminal acetylenes is 1. The third-order valence-electron chi connectivity index (χ3n) is 2.55. The van der Waals surface area contributed by atoms with Gasteiger partial charge < -0.3 is 9.84 Å². The molecule has 1 heterocycles. The van der Waals surface area contributed by atoms with Crippen molar-refractivity contribution in [2.24, 2.45) is 0 Å². The van der Waals surface area contributed by atoms with Crippen LogP contribution in [0.5, 0.6) is 0 Å². The zero-order chi connectivity index (χ0) is 9.95. The molecular formula is C11H18O2. The first kappa shape index (κ1) is 10.6. The van der Waals surface area contributed by atoms with Crippen molar-refractivity contribution in [3.63, 3.8) is 0 Å². The Morgan fingerprint density at radius 1 is 1.54 bits per heavy atom. The normalized spacial score (nSPS) is 32.5. The molecule has 0 aliphatic carbocycles. The molecule has 2 nitrogen and oxygen atoms in total. The van der Waals surface area contributed by atoms with Crippen molar-refractivity contribution in [3.05, 3.63) is 0 Å². The molecule has 0 radical (unpaired) electrons. The van der Waals surface area contributed by atoms with Gasteiger partial charge in [0.1, 0.15) is 0 Å². The van der Waals surface area contributed by atoms with Crippen LogP contribution in [0.4, 0.5) is 0 Å². The van der Waals surface area contributed by atoms with Crippen molar-refractivity contribution in [1.82, 2.24) is 0 Å². The number of hydrogen-bond acceptors (Lipinski definition) is 2. The zero-order valence-corrected chi connectivity index (χ0v) is 8.47. The molecule has 1 fully saturated rings. The van der Waals surface area contributed by atoms with E-state index in [1.54, 1.807) is 0 Å². The van der Waals surface area contributed by atoms with Crippen LogP contribution in [0.3, 0.4) is 0 Å². The van der Waals surface area contributed by atoms with Crippen molar-refractivity contribution in [1.29, 1.82) is 0 Å². The summed E-state index contributed by atoms with van der Waals surface area (Å²) in [5.74, 6) is 2.57. The maximum absolute atomic E-state index is 10.2. The highest BCUT2D eigenvalue weighted by molar-refractivity contribution is 4.94. The Balaban J connectivity index is 2.53. The van der Waals surface area contributed by atoms with Crippen LogP contribution in [-0.4, -0.2) is 22.9 Å². The van der Waals surface area contributed by atoms with Crippen LogP contribution >= 0.6 is 0 Å². The Hall–Kier alpha value is -0.520. The second-order valence-corrected chi connectivity index (χ2v) is 4.46. The molecular weight excluding hydrogens is 164 g/mol. The van der Waals surface area contributed by atoms with Gasteiger partial charge in [-0.1, -0.05) is 0 Å². The van der Waals surface area contributed by atoms with Crippen molar-refractivity contribution in [2.45, 2.75) is 50.7 Å². The van der Waals surface area contributed by atoms with Gasteiger partial charge in [-0.05, 0) is 26.7 Å². The molecule has 1 rings (SSSR count). The minimum atomic E-state index is -0.603. The molecule has 2 heteroatoms. The topological polar surface area (TPSA) is 29.5 Å². The van der Waals surface area contributed by atoms with Crippen molar-refractivity contribution in [3.8, 4) is 12.3 Å². The van der Waals surface area contributed by atoms with Crippen LogP contribution in [0, 0.1) is 12.3 Å². The first-order chi connectivity index (χ1) is 5.97. The van der Waals surface area contributed by atoms with Crippen LogP contribution in [0.1, 0.15) is 39.5 Å². The standard InChI is InChI=1S/C11H18O2/c1-4-5-6-11(12)7-8-13-10(2,3)9-11/h1,12H,5-9H2,2-3H3. The molecule has 74 valence electrons. The van der Waals surface area contributed by atoms with E-state index in [-0.39, 0.29) is 5.60 Å². The Morgan fingerprint density at radius 2 is 2.23 bits per heavy atom. The van der Waals surface area contributed by atoms with Gasteiger partial charge in [0.15, 0.2) is 0 Å². The highest BCUT2D eigenvalue weighted by Gasteiger charge is 2.38. The summed E-state index contributed by atoms with van der Waals surface area (Å²) in [6.45, 7) is 4.65. The van der Waals surface area contributed by atoms with Crippen molar-refractivity contribution >= 4 is 0 Å². The van der Waals surface area contributed by atoms with Crippen molar-refractivity contribution in [2.75, 3.05) is 6.61 Å². The Morgan fingerprint density at radius 3 is 2.77 bits per heavy atom. The van der Waals surface area contributed by atoms with Crippen molar-refractivity contribution < 1.29 is 9.84 Å². The fraction of sp³-hybridized carbons (Fsp3) is 0.818. The molecule has 1 N–H and O–H groups in total. The lowest BCUT2D eigenvalue weighted by molar-refractivity contribution is -0.145. The number of rotatable bonds is 2. The molecule has 1 unspecified atom stereocenters. The quantitative estimate of drug-likeness (QED) is 0.659. The molecule has 0 aromatic heterocycles. The van der Waals surface area contributed by atoms with Gasteiger partial charge in [0.2, 0.25) is 0 Å². The first-order valence-electron chi connectivity index (χ1n) is 4.77. The molecule has 0 spiro atoms. The first-order valence-corrected chi connectivity index (χ1v) is 4.77. The summed E-state index contributed by atoms with van der Waals surface area (Å²) in [7, 11) is 0. The van der Waals surface area contributed by atoms with E-state index in [0.29, 0.717) is 32.3 Å². The summed E-state index contributed by atoms with van der Waals surface area (Å²) in [6.07, 6.45) is 7.90. The lowest BCUT2D eigenvalue weighted by atomic mass is 9.81. The molecule has 1 aliphatic rings. The number of hydrogen-bond donors (Lipinski definition) is 1. The summed E-state index contributed by atoms with van der Waals surface area (Å²) in [6, 6.07) is 0. The fourth-order valence-electron chi connectivity index (χ4n) is 1.97. The molecule has 13 heavy (non-hydrogen) atoms. The largest absolute Gasteiger partial charge is 0.390 e. The van der Waals surface area contributed by atoms with Gasteiger partial charge in [0, 0.05) is 12.8 Å². The van der Waals surface area contributed by atoms with Gasteiger partial charge in [0.25, 0.3) is 0 Å². The van der Waals surface area contributed by atoms with E-state index in [4.69, 9.17) is 11.2 Å². The SMILES string of the molecule is C#CCCC1(O)CCOC(C)(C)C1. The summed E-state index contributed by atoms with van der Waals surface area (Å²) < 4.78 is 5.53. The van der Waals surface area contributed by atoms with E-state index < -0.39 is 5.60 Å². The summed E-state index contributed by atoms with van der Waals surface area (Å²) in [5.41, 5.74) is -0.810. The average Bonchev–Trinajstić information content (AvgIpc) is 1.98. The van der Waals surface area contributed by atoms with E-state index in [0.717, 1.165) is 0 Å². The van der Waals surface area contributed by atoms with Gasteiger partial charge >= 0.3 is 0 Å². The Kier molecular flexibility index (Phi) is 3.00. The van der Waals surface area contributed by atoms with Gasteiger partial charge in [0.05, 0.1) is 17.8 Å². The second kappa shape index (κ2) is 3.69. The average molecular weight is 182 g/mol. The molecule has 0 aromatic rings. The summed E-state index contributed by atoms with van der Waals surface area (Å²) in [4.78, 5) is 0. The van der Waals surface area contributed by atoms with E-state index in [1.807, 2.05) is 13.8 Å².